The predicted octanol–water partition coefficient (Wildman–Crippen LogP) is 3.18. The molecule has 1 amide bonds. The van der Waals surface area contributed by atoms with Gasteiger partial charge in [0.15, 0.2) is 0 Å². The average Bonchev–Trinajstić information content (AvgIpc) is 2.46. The molecule has 0 bridgehead atoms. The molecule has 1 aromatic heterocycles. The Morgan fingerprint density at radius 2 is 2.24 bits per heavy atom. The lowest BCUT2D eigenvalue weighted by Crippen LogP contribution is -2.48. The standard InChI is InChI=1S/C16H25N3OS/c1-5-6-17-15-10-14(9-11(2)18-15)16(20)19-7-8-21-13(4)12(19)3/h9-10,12-13H,5-8H2,1-4H3,(H,17,18). The van der Waals surface area contributed by atoms with Crippen molar-refractivity contribution in [3.05, 3.63) is 23.4 Å². The van der Waals surface area contributed by atoms with Crippen LogP contribution in [0.1, 0.15) is 43.2 Å². The second-order valence-electron chi connectivity index (χ2n) is 5.62. The van der Waals surface area contributed by atoms with Crippen LogP contribution in [0.25, 0.3) is 0 Å². The van der Waals surface area contributed by atoms with Gasteiger partial charge in [-0.15, -0.1) is 0 Å². The van der Waals surface area contributed by atoms with Crippen molar-refractivity contribution in [2.75, 3.05) is 24.2 Å². The summed E-state index contributed by atoms with van der Waals surface area (Å²) in [4.78, 5) is 19.2. The molecular weight excluding hydrogens is 282 g/mol. The molecule has 0 radical (unpaired) electrons. The van der Waals surface area contributed by atoms with Crippen molar-refractivity contribution in [2.45, 2.75) is 45.4 Å². The first kappa shape index (κ1) is 16.1. The lowest BCUT2D eigenvalue weighted by molar-refractivity contribution is 0.0698. The van der Waals surface area contributed by atoms with Gasteiger partial charge in [0.1, 0.15) is 5.82 Å². The molecule has 5 heteroatoms. The monoisotopic (exact) mass is 307 g/mol. The van der Waals surface area contributed by atoms with Crippen LogP contribution in [-0.4, -0.2) is 45.9 Å². The molecular formula is C16H25N3OS. The number of nitrogens with one attached hydrogen (secondary N) is 1. The summed E-state index contributed by atoms with van der Waals surface area (Å²) in [5, 5.41) is 3.76. The summed E-state index contributed by atoms with van der Waals surface area (Å²) in [6.45, 7) is 10.1. The maximum atomic E-state index is 12.8. The topological polar surface area (TPSA) is 45.2 Å². The number of rotatable bonds is 4. The highest BCUT2D eigenvalue weighted by Crippen LogP contribution is 2.26. The van der Waals surface area contributed by atoms with Gasteiger partial charge in [-0.2, -0.15) is 11.8 Å². The lowest BCUT2D eigenvalue weighted by atomic mass is 10.1. The second-order valence-corrected chi connectivity index (χ2v) is 7.11. The molecule has 1 N–H and O–H groups in total. The van der Waals surface area contributed by atoms with E-state index < -0.39 is 0 Å². The highest BCUT2D eigenvalue weighted by molar-refractivity contribution is 8.00. The highest BCUT2D eigenvalue weighted by Gasteiger charge is 2.29. The number of anilines is 1. The van der Waals surface area contributed by atoms with E-state index in [1.54, 1.807) is 0 Å². The molecule has 1 aliphatic heterocycles. The number of hydrogen-bond acceptors (Lipinski definition) is 4. The summed E-state index contributed by atoms with van der Waals surface area (Å²) in [5.74, 6) is 1.94. The molecule has 0 aromatic carbocycles. The van der Waals surface area contributed by atoms with Gasteiger partial charge < -0.3 is 10.2 Å². The van der Waals surface area contributed by atoms with Crippen LogP contribution in [0.2, 0.25) is 0 Å². The van der Waals surface area contributed by atoms with E-state index in [-0.39, 0.29) is 11.9 Å². The van der Waals surface area contributed by atoms with E-state index in [0.717, 1.165) is 42.3 Å². The molecule has 2 rings (SSSR count). The van der Waals surface area contributed by atoms with Crippen molar-refractivity contribution in [3.8, 4) is 0 Å². The highest BCUT2D eigenvalue weighted by atomic mass is 32.2. The van der Waals surface area contributed by atoms with E-state index in [1.807, 2.05) is 35.7 Å². The molecule has 116 valence electrons. The maximum Gasteiger partial charge on any atom is 0.254 e. The summed E-state index contributed by atoms with van der Waals surface area (Å²) in [7, 11) is 0. The third kappa shape index (κ3) is 3.90. The Bertz CT molecular complexity index is 506. The molecule has 2 unspecified atom stereocenters. The number of pyridine rings is 1. The lowest BCUT2D eigenvalue weighted by Gasteiger charge is -2.37. The Labute approximate surface area is 131 Å². The molecule has 2 heterocycles. The Morgan fingerprint density at radius 1 is 1.48 bits per heavy atom. The number of carbonyl (C=O) groups is 1. The first-order valence-electron chi connectivity index (χ1n) is 7.68. The van der Waals surface area contributed by atoms with Crippen LogP contribution in [0, 0.1) is 6.92 Å². The van der Waals surface area contributed by atoms with E-state index in [1.165, 1.54) is 0 Å². The first-order chi connectivity index (χ1) is 10.0. The van der Waals surface area contributed by atoms with Crippen LogP contribution in [0.3, 0.4) is 0 Å². The smallest absolute Gasteiger partial charge is 0.254 e. The summed E-state index contributed by atoms with van der Waals surface area (Å²) < 4.78 is 0. The van der Waals surface area contributed by atoms with Gasteiger partial charge in [-0.3, -0.25) is 4.79 Å². The minimum Gasteiger partial charge on any atom is -0.370 e. The van der Waals surface area contributed by atoms with Crippen LogP contribution in [0.4, 0.5) is 5.82 Å². The number of aromatic nitrogens is 1. The molecule has 1 saturated heterocycles. The minimum absolute atomic E-state index is 0.125. The Kier molecular flexibility index (Phi) is 5.51. The van der Waals surface area contributed by atoms with Gasteiger partial charge in [0, 0.05) is 41.4 Å². The fraction of sp³-hybridized carbons (Fsp3) is 0.625. The Morgan fingerprint density at radius 3 is 2.95 bits per heavy atom. The van der Waals surface area contributed by atoms with Crippen LogP contribution in [0.15, 0.2) is 12.1 Å². The van der Waals surface area contributed by atoms with Crippen LogP contribution >= 0.6 is 11.8 Å². The van der Waals surface area contributed by atoms with Gasteiger partial charge in [0.05, 0.1) is 0 Å². The van der Waals surface area contributed by atoms with Crippen molar-refractivity contribution >= 4 is 23.5 Å². The van der Waals surface area contributed by atoms with E-state index in [0.29, 0.717) is 5.25 Å². The van der Waals surface area contributed by atoms with E-state index >= 15 is 0 Å². The Hall–Kier alpha value is -1.23. The molecule has 4 nitrogen and oxygen atoms in total. The number of hydrogen-bond donors (Lipinski definition) is 1. The maximum absolute atomic E-state index is 12.8. The van der Waals surface area contributed by atoms with E-state index in [2.05, 4.69) is 31.1 Å². The van der Waals surface area contributed by atoms with Gasteiger partial charge in [-0.05, 0) is 32.4 Å². The van der Waals surface area contributed by atoms with Crippen molar-refractivity contribution < 1.29 is 4.79 Å². The summed E-state index contributed by atoms with van der Waals surface area (Å²) >= 11 is 1.94. The SMILES string of the molecule is CCCNc1cc(C(=O)N2CCSC(C)C2C)cc(C)n1. The zero-order chi connectivity index (χ0) is 15.4. The number of amides is 1. The molecule has 1 aromatic rings. The summed E-state index contributed by atoms with van der Waals surface area (Å²) in [5.41, 5.74) is 1.62. The van der Waals surface area contributed by atoms with Gasteiger partial charge >= 0.3 is 0 Å². The summed E-state index contributed by atoms with van der Waals surface area (Å²) in [6.07, 6.45) is 1.04. The molecule has 1 fully saturated rings. The first-order valence-corrected chi connectivity index (χ1v) is 8.73. The number of carbonyl (C=O) groups excluding carboxylic acids is 1. The number of nitrogens with zero attached hydrogens (tertiary/aromatic N) is 2. The fourth-order valence-corrected chi connectivity index (χ4v) is 3.62. The minimum atomic E-state index is 0.125. The molecule has 21 heavy (non-hydrogen) atoms. The molecule has 2 atom stereocenters. The summed E-state index contributed by atoms with van der Waals surface area (Å²) in [6, 6.07) is 4.04. The fourth-order valence-electron chi connectivity index (χ4n) is 2.52. The van der Waals surface area contributed by atoms with E-state index in [4.69, 9.17) is 0 Å². The quantitative estimate of drug-likeness (QED) is 0.928. The van der Waals surface area contributed by atoms with Crippen LogP contribution in [-0.2, 0) is 0 Å². The Balaban J connectivity index is 2.20. The van der Waals surface area contributed by atoms with Gasteiger partial charge in [0.25, 0.3) is 5.91 Å². The number of thioether (sulfide) groups is 1. The predicted molar refractivity (Wildman–Crippen MR) is 90.2 cm³/mol. The molecule has 0 saturated carbocycles. The molecule has 0 aliphatic carbocycles. The van der Waals surface area contributed by atoms with Crippen LogP contribution in [0.5, 0.6) is 0 Å². The van der Waals surface area contributed by atoms with Gasteiger partial charge in [-0.1, -0.05) is 13.8 Å². The van der Waals surface area contributed by atoms with Crippen molar-refractivity contribution in [2.24, 2.45) is 0 Å². The van der Waals surface area contributed by atoms with E-state index in [9.17, 15) is 4.79 Å². The third-order valence-corrected chi connectivity index (χ3v) is 5.24. The van der Waals surface area contributed by atoms with Crippen molar-refractivity contribution in [3.63, 3.8) is 0 Å². The molecule has 0 spiro atoms. The van der Waals surface area contributed by atoms with Gasteiger partial charge in [-0.25, -0.2) is 4.98 Å². The zero-order valence-corrected chi connectivity index (χ0v) is 14.2. The van der Waals surface area contributed by atoms with Crippen molar-refractivity contribution in [1.82, 2.24) is 9.88 Å². The second kappa shape index (κ2) is 7.16. The normalized spacial score (nSPS) is 22.2. The largest absolute Gasteiger partial charge is 0.370 e. The molecule has 1 aliphatic rings. The van der Waals surface area contributed by atoms with Gasteiger partial charge in [0.2, 0.25) is 0 Å². The number of aryl methyl sites for hydroxylation is 1. The third-order valence-electron chi connectivity index (χ3n) is 3.90. The van der Waals surface area contributed by atoms with Crippen molar-refractivity contribution in [1.29, 1.82) is 0 Å². The zero-order valence-electron chi connectivity index (χ0n) is 13.3. The van der Waals surface area contributed by atoms with Crippen LogP contribution < -0.4 is 5.32 Å². The average molecular weight is 307 g/mol.